The number of carboxylic acids is 1. The van der Waals surface area contributed by atoms with Gasteiger partial charge in [0, 0.05) is 57.9 Å². The Kier molecular flexibility index (Phi) is 8.75. The molecule has 10 nitrogen and oxygen atoms in total. The number of nitrogens with zero attached hydrogens (tertiary/aromatic N) is 3. The van der Waals surface area contributed by atoms with Gasteiger partial charge in [0.2, 0.25) is 5.91 Å². The third kappa shape index (κ3) is 6.72. The van der Waals surface area contributed by atoms with E-state index in [9.17, 15) is 22.8 Å². The molecule has 0 radical (unpaired) electrons. The number of aromatic nitrogens is 2. The second-order valence-corrected chi connectivity index (χ2v) is 8.82. The Morgan fingerprint density at radius 3 is 2.54 bits per heavy atom. The summed E-state index contributed by atoms with van der Waals surface area (Å²) in [5.74, 6) is -1.79. The van der Waals surface area contributed by atoms with Crippen molar-refractivity contribution in [1.82, 2.24) is 19.8 Å². The number of hydrogen-bond acceptors (Lipinski definition) is 6. The molecule has 0 aliphatic carbocycles. The highest BCUT2D eigenvalue weighted by Gasteiger charge is 2.47. The molecule has 2 fully saturated rings. The summed E-state index contributed by atoms with van der Waals surface area (Å²) in [7, 11) is 0. The number of alkyl halides is 3. The molecule has 1 spiro atoms. The number of carbonyl (C=O) groups is 3. The first-order chi connectivity index (χ1) is 16.6. The number of rotatable bonds is 5. The van der Waals surface area contributed by atoms with Gasteiger partial charge in [-0.15, -0.1) is 0 Å². The number of carbonyl (C=O) groups excluding carboxylic acids is 2. The van der Waals surface area contributed by atoms with Crippen LogP contribution in [0.3, 0.4) is 0 Å². The molecule has 4 rings (SSSR count). The van der Waals surface area contributed by atoms with E-state index in [1.807, 2.05) is 22.6 Å². The Bertz CT molecular complexity index is 892. The lowest BCUT2D eigenvalue weighted by Gasteiger charge is -2.45. The summed E-state index contributed by atoms with van der Waals surface area (Å²) in [4.78, 5) is 40.3. The van der Waals surface area contributed by atoms with Crippen LogP contribution < -0.4 is 5.32 Å². The molecular weight excluding hydrogens is 473 g/mol. The highest BCUT2D eigenvalue weighted by Crippen LogP contribution is 2.40. The maximum atomic E-state index is 12.8. The standard InChI is InChI=1S/C20H30N4O4.C2HF3O2/c1-2-4-17(25)23-9-6-20(7-10-23)19-21-8-11-24(19)14-16(28-20)18(26)22-13-15-5-3-12-27-15;3-2(4,5)1(6)7/h8,11,15-16H,2-7,9-10,12-14H2,1H3,(H,22,26);(H,6,7). The van der Waals surface area contributed by atoms with E-state index in [4.69, 9.17) is 19.4 Å². The van der Waals surface area contributed by atoms with Crippen LogP contribution in [0.4, 0.5) is 13.2 Å². The molecule has 2 N–H and O–H groups in total. The monoisotopic (exact) mass is 504 g/mol. The number of carboxylic acid groups (broad SMARTS) is 1. The Hall–Kier alpha value is -2.67. The Morgan fingerprint density at radius 1 is 1.29 bits per heavy atom. The number of amides is 2. The SMILES string of the molecule is CCCC(=O)N1CCC2(CC1)OC(C(=O)NCC1CCCO1)Cn1ccnc12.O=C(O)C(F)(F)F. The molecule has 1 aromatic heterocycles. The second kappa shape index (κ2) is 11.4. The second-order valence-electron chi connectivity index (χ2n) is 8.82. The van der Waals surface area contributed by atoms with Crippen molar-refractivity contribution in [2.24, 2.45) is 0 Å². The van der Waals surface area contributed by atoms with Crippen molar-refractivity contribution in [3.63, 3.8) is 0 Å². The van der Waals surface area contributed by atoms with Gasteiger partial charge < -0.3 is 29.4 Å². The van der Waals surface area contributed by atoms with Gasteiger partial charge in [0.1, 0.15) is 11.4 Å². The minimum Gasteiger partial charge on any atom is -0.475 e. The van der Waals surface area contributed by atoms with Gasteiger partial charge in [0.15, 0.2) is 6.10 Å². The predicted octanol–water partition coefficient (Wildman–Crippen LogP) is 1.83. The summed E-state index contributed by atoms with van der Waals surface area (Å²) in [5.41, 5.74) is -0.601. The number of nitrogens with one attached hydrogen (secondary N) is 1. The molecule has 0 bridgehead atoms. The molecule has 35 heavy (non-hydrogen) atoms. The van der Waals surface area contributed by atoms with Crippen LogP contribution >= 0.6 is 0 Å². The predicted molar refractivity (Wildman–Crippen MR) is 115 cm³/mol. The highest BCUT2D eigenvalue weighted by atomic mass is 19.4. The van der Waals surface area contributed by atoms with E-state index in [0.717, 1.165) is 31.7 Å². The normalized spacial score (nSPS) is 23.3. The van der Waals surface area contributed by atoms with Crippen LogP contribution in [-0.2, 0) is 36.0 Å². The molecule has 0 aromatic carbocycles. The quantitative estimate of drug-likeness (QED) is 0.627. The molecule has 1 aromatic rings. The van der Waals surface area contributed by atoms with Crippen LogP contribution in [0.2, 0.25) is 0 Å². The average molecular weight is 505 g/mol. The molecule has 0 saturated carbocycles. The first-order valence-corrected chi connectivity index (χ1v) is 11.7. The molecule has 13 heteroatoms. The van der Waals surface area contributed by atoms with Gasteiger partial charge in [-0.1, -0.05) is 6.92 Å². The van der Waals surface area contributed by atoms with E-state index in [2.05, 4.69) is 10.3 Å². The summed E-state index contributed by atoms with van der Waals surface area (Å²) >= 11 is 0. The third-order valence-electron chi connectivity index (χ3n) is 6.30. The van der Waals surface area contributed by atoms with Crippen molar-refractivity contribution in [3.8, 4) is 0 Å². The molecule has 3 aliphatic rings. The van der Waals surface area contributed by atoms with E-state index in [-0.39, 0.29) is 17.9 Å². The van der Waals surface area contributed by atoms with Crippen molar-refractivity contribution in [1.29, 1.82) is 0 Å². The number of likely N-dealkylation sites (tertiary alicyclic amines) is 1. The van der Waals surface area contributed by atoms with E-state index in [1.165, 1.54) is 0 Å². The molecule has 196 valence electrons. The lowest BCUT2D eigenvalue weighted by Crippen LogP contribution is -2.55. The number of fused-ring (bicyclic) bond motifs is 2. The minimum absolute atomic E-state index is 0.0984. The molecule has 4 heterocycles. The lowest BCUT2D eigenvalue weighted by molar-refractivity contribution is -0.192. The van der Waals surface area contributed by atoms with Crippen LogP contribution in [0.15, 0.2) is 12.4 Å². The summed E-state index contributed by atoms with van der Waals surface area (Å²) in [5, 5.41) is 10.1. The fourth-order valence-electron chi connectivity index (χ4n) is 4.50. The van der Waals surface area contributed by atoms with Crippen molar-refractivity contribution < 1.29 is 42.1 Å². The largest absolute Gasteiger partial charge is 0.490 e. The lowest BCUT2D eigenvalue weighted by atomic mass is 9.88. The van der Waals surface area contributed by atoms with E-state index in [0.29, 0.717) is 45.4 Å². The van der Waals surface area contributed by atoms with Gasteiger partial charge in [-0.3, -0.25) is 9.59 Å². The molecular formula is C22H31F3N4O6. The zero-order valence-electron chi connectivity index (χ0n) is 19.6. The molecule has 2 unspecified atom stereocenters. The zero-order valence-corrected chi connectivity index (χ0v) is 19.6. The van der Waals surface area contributed by atoms with Crippen LogP contribution in [0, 0.1) is 0 Å². The average Bonchev–Trinajstić information content (AvgIpc) is 3.50. The fourth-order valence-corrected chi connectivity index (χ4v) is 4.50. The number of halogens is 3. The topological polar surface area (TPSA) is 123 Å². The van der Waals surface area contributed by atoms with Crippen molar-refractivity contribution in [2.45, 2.75) is 76.0 Å². The fraction of sp³-hybridized carbons (Fsp3) is 0.727. The number of aliphatic carboxylic acids is 1. The maximum Gasteiger partial charge on any atom is 0.490 e. The van der Waals surface area contributed by atoms with E-state index in [1.54, 1.807) is 6.20 Å². The molecule has 3 aliphatic heterocycles. The van der Waals surface area contributed by atoms with E-state index < -0.39 is 23.9 Å². The maximum absolute atomic E-state index is 12.8. The summed E-state index contributed by atoms with van der Waals surface area (Å²) in [6.07, 6.45) is 2.95. The van der Waals surface area contributed by atoms with Crippen LogP contribution in [0.5, 0.6) is 0 Å². The number of ether oxygens (including phenoxy) is 2. The Balaban J connectivity index is 0.000000429. The van der Waals surface area contributed by atoms with Crippen molar-refractivity contribution >= 4 is 17.8 Å². The van der Waals surface area contributed by atoms with Gasteiger partial charge in [-0.2, -0.15) is 13.2 Å². The van der Waals surface area contributed by atoms with Gasteiger partial charge in [-0.05, 0) is 19.3 Å². The first kappa shape index (κ1) is 26.9. The summed E-state index contributed by atoms with van der Waals surface area (Å²) < 4.78 is 45.7. The summed E-state index contributed by atoms with van der Waals surface area (Å²) in [6.45, 7) is 5.06. The van der Waals surface area contributed by atoms with Gasteiger partial charge in [0.05, 0.1) is 12.6 Å². The van der Waals surface area contributed by atoms with Crippen molar-refractivity contribution in [3.05, 3.63) is 18.2 Å². The zero-order chi connectivity index (χ0) is 25.6. The Labute approximate surface area is 200 Å². The Morgan fingerprint density at radius 2 is 1.97 bits per heavy atom. The summed E-state index contributed by atoms with van der Waals surface area (Å²) in [6, 6.07) is 0. The molecule has 2 atom stereocenters. The van der Waals surface area contributed by atoms with Gasteiger partial charge in [0.25, 0.3) is 5.91 Å². The highest BCUT2D eigenvalue weighted by molar-refractivity contribution is 5.81. The van der Waals surface area contributed by atoms with Gasteiger partial charge >= 0.3 is 12.1 Å². The third-order valence-corrected chi connectivity index (χ3v) is 6.30. The van der Waals surface area contributed by atoms with Crippen molar-refractivity contribution in [2.75, 3.05) is 26.2 Å². The van der Waals surface area contributed by atoms with Crippen LogP contribution in [0.25, 0.3) is 0 Å². The molecule has 2 amide bonds. The molecule has 2 saturated heterocycles. The van der Waals surface area contributed by atoms with Crippen LogP contribution in [0.1, 0.15) is 51.3 Å². The minimum atomic E-state index is -5.08. The smallest absolute Gasteiger partial charge is 0.475 e. The number of hydrogen-bond donors (Lipinski definition) is 2. The number of piperidine rings is 1. The first-order valence-electron chi connectivity index (χ1n) is 11.7. The van der Waals surface area contributed by atoms with Crippen LogP contribution in [-0.4, -0.2) is 82.0 Å². The van der Waals surface area contributed by atoms with Gasteiger partial charge in [-0.25, -0.2) is 9.78 Å². The van der Waals surface area contributed by atoms with E-state index >= 15 is 0 Å². The number of imidazole rings is 1.